The Morgan fingerprint density at radius 1 is 1.10 bits per heavy atom. The van der Waals surface area contributed by atoms with Crippen LogP contribution < -0.4 is 0 Å². The number of methoxy groups -OCH3 is 1. The summed E-state index contributed by atoms with van der Waals surface area (Å²) in [5, 5.41) is 1.84. The van der Waals surface area contributed by atoms with Gasteiger partial charge in [-0.15, -0.1) is 0 Å². The smallest absolute Gasteiger partial charge is 0.339 e. The van der Waals surface area contributed by atoms with Gasteiger partial charge in [0, 0.05) is 18.0 Å². The monoisotopic (exact) mass is 264 g/mol. The molecule has 0 fully saturated rings. The van der Waals surface area contributed by atoms with Crippen LogP contribution >= 0.6 is 0 Å². The minimum absolute atomic E-state index is 0.373. The van der Waals surface area contributed by atoms with Crippen molar-refractivity contribution in [1.29, 1.82) is 0 Å². The lowest BCUT2D eigenvalue weighted by molar-refractivity contribution is 0.0604. The Morgan fingerprint density at radius 3 is 2.70 bits per heavy atom. The summed E-state index contributed by atoms with van der Waals surface area (Å²) in [6.07, 6.45) is 4.84. The van der Waals surface area contributed by atoms with Crippen LogP contribution in [-0.2, 0) is 4.74 Å². The number of esters is 1. The first-order valence-electron chi connectivity index (χ1n) is 6.17. The highest BCUT2D eigenvalue weighted by Crippen LogP contribution is 2.29. The molecule has 1 heterocycles. The van der Waals surface area contributed by atoms with Crippen molar-refractivity contribution in [2.75, 3.05) is 7.11 Å². The van der Waals surface area contributed by atoms with E-state index in [1.807, 2.05) is 36.4 Å². The molecule has 4 nitrogen and oxygen atoms in total. The fourth-order valence-corrected chi connectivity index (χ4v) is 2.25. The van der Waals surface area contributed by atoms with E-state index in [9.17, 15) is 4.79 Å². The molecule has 3 rings (SSSR count). The zero-order chi connectivity index (χ0) is 13.9. The molecule has 98 valence electrons. The van der Waals surface area contributed by atoms with E-state index in [0.29, 0.717) is 11.3 Å². The molecule has 4 heteroatoms. The Morgan fingerprint density at radius 2 is 1.95 bits per heavy atom. The molecule has 2 aromatic carbocycles. The minimum Gasteiger partial charge on any atom is -0.465 e. The van der Waals surface area contributed by atoms with Crippen LogP contribution in [0, 0.1) is 0 Å². The van der Waals surface area contributed by atoms with Crippen molar-refractivity contribution < 1.29 is 9.53 Å². The van der Waals surface area contributed by atoms with Crippen molar-refractivity contribution in [1.82, 2.24) is 9.97 Å². The molecule has 1 aromatic heterocycles. The number of aromatic nitrogens is 2. The van der Waals surface area contributed by atoms with Gasteiger partial charge in [-0.3, -0.25) is 9.97 Å². The lowest BCUT2D eigenvalue weighted by atomic mass is 9.97. The molecule has 0 bridgehead atoms. The van der Waals surface area contributed by atoms with Crippen molar-refractivity contribution in [2.45, 2.75) is 0 Å². The number of nitrogens with zero attached hydrogens (tertiary/aromatic N) is 2. The van der Waals surface area contributed by atoms with E-state index >= 15 is 0 Å². The van der Waals surface area contributed by atoms with Crippen LogP contribution in [-0.4, -0.2) is 23.0 Å². The van der Waals surface area contributed by atoms with Crippen molar-refractivity contribution in [3.05, 3.63) is 60.6 Å². The fourth-order valence-electron chi connectivity index (χ4n) is 2.25. The molecule has 3 aromatic rings. The number of hydrogen-bond donors (Lipinski definition) is 0. The first-order valence-corrected chi connectivity index (χ1v) is 6.17. The second kappa shape index (κ2) is 5.09. The third-order valence-electron chi connectivity index (χ3n) is 3.16. The summed E-state index contributed by atoms with van der Waals surface area (Å²) in [5.74, 6) is -0.373. The third kappa shape index (κ3) is 2.01. The van der Waals surface area contributed by atoms with Gasteiger partial charge in [0.2, 0.25) is 0 Å². The normalized spacial score (nSPS) is 10.4. The van der Waals surface area contributed by atoms with Gasteiger partial charge >= 0.3 is 5.97 Å². The van der Waals surface area contributed by atoms with Gasteiger partial charge in [0.05, 0.1) is 24.6 Å². The van der Waals surface area contributed by atoms with Crippen LogP contribution in [0.1, 0.15) is 10.4 Å². The lowest BCUT2D eigenvalue weighted by Crippen LogP contribution is -2.05. The van der Waals surface area contributed by atoms with Crippen LogP contribution in [0.5, 0.6) is 0 Å². The summed E-state index contributed by atoms with van der Waals surface area (Å²) in [7, 11) is 1.38. The van der Waals surface area contributed by atoms with E-state index in [2.05, 4.69) is 9.97 Å². The predicted molar refractivity (Wildman–Crippen MR) is 76.3 cm³/mol. The SMILES string of the molecule is COC(=O)c1c(-c2cnccn2)ccc2ccccc12. The van der Waals surface area contributed by atoms with Gasteiger partial charge in [0.15, 0.2) is 0 Å². The topological polar surface area (TPSA) is 52.1 Å². The average molecular weight is 264 g/mol. The summed E-state index contributed by atoms with van der Waals surface area (Å²) in [6, 6.07) is 11.5. The average Bonchev–Trinajstić information content (AvgIpc) is 2.54. The molecule has 20 heavy (non-hydrogen) atoms. The molecular formula is C16H12N2O2. The van der Waals surface area contributed by atoms with Gasteiger partial charge in [-0.05, 0) is 10.8 Å². The van der Waals surface area contributed by atoms with Crippen LogP contribution in [0.25, 0.3) is 22.0 Å². The maximum atomic E-state index is 12.2. The van der Waals surface area contributed by atoms with Crippen molar-refractivity contribution in [3.63, 3.8) is 0 Å². The Balaban J connectivity index is 2.35. The molecule has 0 unspecified atom stereocenters. The first kappa shape index (κ1) is 12.3. The zero-order valence-corrected chi connectivity index (χ0v) is 10.9. The van der Waals surface area contributed by atoms with Gasteiger partial charge < -0.3 is 4.74 Å². The third-order valence-corrected chi connectivity index (χ3v) is 3.16. The maximum Gasteiger partial charge on any atom is 0.339 e. The number of hydrogen-bond acceptors (Lipinski definition) is 4. The van der Waals surface area contributed by atoms with E-state index in [4.69, 9.17) is 4.74 Å². The van der Waals surface area contributed by atoms with E-state index < -0.39 is 0 Å². The summed E-state index contributed by atoms with van der Waals surface area (Å²) in [6.45, 7) is 0. The second-order valence-electron chi connectivity index (χ2n) is 4.29. The number of ether oxygens (including phenoxy) is 1. The van der Waals surface area contributed by atoms with E-state index in [0.717, 1.165) is 16.3 Å². The van der Waals surface area contributed by atoms with Gasteiger partial charge in [0.1, 0.15) is 0 Å². The summed E-state index contributed by atoms with van der Waals surface area (Å²) < 4.78 is 4.92. The molecule has 0 aliphatic rings. The predicted octanol–water partition coefficient (Wildman–Crippen LogP) is 3.08. The highest BCUT2D eigenvalue weighted by atomic mass is 16.5. The Hall–Kier alpha value is -2.75. The molecule has 0 atom stereocenters. The number of carbonyl (C=O) groups excluding carboxylic acids is 1. The van der Waals surface area contributed by atoms with E-state index in [-0.39, 0.29) is 5.97 Å². The molecular weight excluding hydrogens is 252 g/mol. The highest BCUT2D eigenvalue weighted by Gasteiger charge is 2.17. The van der Waals surface area contributed by atoms with Gasteiger partial charge in [-0.2, -0.15) is 0 Å². The van der Waals surface area contributed by atoms with Crippen molar-refractivity contribution in [2.24, 2.45) is 0 Å². The molecule has 0 aliphatic heterocycles. The van der Waals surface area contributed by atoms with E-state index in [1.54, 1.807) is 18.6 Å². The van der Waals surface area contributed by atoms with Gasteiger partial charge in [0.25, 0.3) is 0 Å². The highest BCUT2D eigenvalue weighted by molar-refractivity contribution is 6.09. The van der Waals surface area contributed by atoms with Gasteiger partial charge in [-0.25, -0.2) is 4.79 Å². The van der Waals surface area contributed by atoms with Crippen LogP contribution in [0.4, 0.5) is 0 Å². The number of fused-ring (bicyclic) bond motifs is 1. The number of benzene rings is 2. The Labute approximate surface area is 116 Å². The molecule has 0 saturated heterocycles. The number of rotatable bonds is 2. The fraction of sp³-hybridized carbons (Fsp3) is 0.0625. The second-order valence-corrected chi connectivity index (χ2v) is 4.29. The van der Waals surface area contributed by atoms with Crippen LogP contribution in [0.3, 0.4) is 0 Å². The first-order chi connectivity index (χ1) is 9.81. The Kier molecular flexibility index (Phi) is 3.13. The van der Waals surface area contributed by atoms with Crippen LogP contribution in [0.2, 0.25) is 0 Å². The van der Waals surface area contributed by atoms with E-state index in [1.165, 1.54) is 7.11 Å². The lowest BCUT2D eigenvalue weighted by Gasteiger charge is -2.10. The minimum atomic E-state index is -0.373. The molecule has 0 aliphatic carbocycles. The van der Waals surface area contributed by atoms with Gasteiger partial charge in [-0.1, -0.05) is 36.4 Å². The standard InChI is InChI=1S/C16H12N2O2/c1-20-16(19)15-12-5-3-2-4-11(12)6-7-13(15)14-10-17-8-9-18-14/h2-10H,1H3. The summed E-state index contributed by atoms with van der Waals surface area (Å²) in [5.41, 5.74) is 1.90. The molecule has 0 saturated carbocycles. The Bertz CT molecular complexity index is 770. The summed E-state index contributed by atoms with van der Waals surface area (Å²) >= 11 is 0. The molecule has 0 N–H and O–H groups in total. The molecule has 0 amide bonds. The largest absolute Gasteiger partial charge is 0.465 e. The van der Waals surface area contributed by atoms with Crippen molar-refractivity contribution >= 4 is 16.7 Å². The molecule has 0 radical (unpaired) electrons. The summed E-state index contributed by atoms with van der Waals surface area (Å²) in [4.78, 5) is 20.5. The number of carbonyl (C=O) groups is 1. The zero-order valence-electron chi connectivity index (χ0n) is 10.9. The maximum absolute atomic E-state index is 12.2. The van der Waals surface area contributed by atoms with Crippen molar-refractivity contribution in [3.8, 4) is 11.3 Å². The quantitative estimate of drug-likeness (QED) is 0.667. The molecule has 0 spiro atoms. The van der Waals surface area contributed by atoms with Crippen LogP contribution in [0.15, 0.2) is 55.0 Å².